The number of rotatable bonds is 5. The number of carboxylic acids is 1. The van der Waals surface area contributed by atoms with E-state index in [4.69, 9.17) is 0 Å². The van der Waals surface area contributed by atoms with E-state index in [9.17, 15) is 9.90 Å². The molecule has 20 heavy (non-hydrogen) atoms. The topological polar surface area (TPSA) is 58.0 Å². The van der Waals surface area contributed by atoms with Crippen molar-refractivity contribution in [3.05, 3.63) is 46.8 Å². The average molecular weight is 271 g/mol. The van der Waals surface area contributed by atoms with Crippen LogP contribution in [0.1, 0.15) is 47.6 Å². The van der Waals surface area contributed by atoms with Gasteiger partial charge in [-0.3, -0.25) is 0 Å². The van der Waals surface area contributed by atoms with Crippen molar-refractivity contribution in [1.82, 2.24) is 9.78 Å². The monoisotopic (exact) mass is 271 g/mol. The van der Waals surface area contributed by atoms with Crippen LogP contribution in [0.4, 0.5) is 0 Å². The molecule has 0 radical (unpaired) electrons. The van der Waals surface area contributed by atoms with Gasteiger partial charge in [0.2, 0.25) is 0 Å². The summed E-state index contributed by atoms with van der Waals surface area (Å²) >= 11 is 0. The second-order valence-corrected chi connectivity index (χ2v) is 4.91. The molecule has 1 heterocycles. The summed E-state index contributed by atoms with van der Waals surface area (Å²) in [6, 6.07) is 7.90. The van der Waals surface area contributed by atoms with Crippen LogP contribution in [0.25, 0.3) is 5.69 Å². The number of carboxylic acid groups (broad SMARTS) is 1. The summed E-state index contributed by atoms with van der Waals surface area (Å²) < 4.78 is 1.73. The Kier molecular flexibility index (Phi) is 4.23. The Balaban J connectivity index is 2.60. The molecule has 1 aromatic carbocycles. The lowest BCUT2D eigenvalue weighted by Gasteiger charge is -2.08. The van der Waals surface area contributed by atoms with Crippen molar-refractivity contribution in [2.75, 3.05) is 0 Å². The number of benzene rings is 1. The van der Waals surface area contributed by atoms with Crippen molar-refractivity contribution in [3.63, 3.8) is 0 Å². The smallest absolute Gasteiger partial charge is 0.0752 e. The SMILES string of the molecule is CCCc1nn(-c2ccc(C)cc2)c(CC)c1C(=O)[O-]. The van der Waals surface area contributed by atoms with E-state index in [1.165, 1.54) is 0 Å². The summed E-state index contributed by atoms with van der Waals surface area (Å²) in [6.07, 6.45) is 2.11. The largest absolute Gasteiger partial charge is 0.545 e. The molecule has 0 fully saturated rings. The molecular weight excluding hydrogens is 252 g/mol. The van der Waals surface area contributed by atoms with Crippen LogP contribution < -0.4 is 5.11 Å². The summed E-state index contributed by atoms with van der Waals surface area (Å²) in [5, 5.41) is 15.9. The third-order valence-electron chi connectivity index (χ3n) is 3.36. The molecule has 1 aromatic heterocycles. The van der Waals surface area contributed by atoms with Crippen LogP contribution >= 0.6 is 0 Å². The molecule has 4 heteroatoms. The van der Waals surface area contributed by atoms with Gasteiger partial charge < -0.3 is 9.90 Å². The highest BCUT2D eigenvalue weighted by atomic mass is 16.4. The molecule has 0 saturated carbocycles. The minimum Gasteiger partial charge on any atom is -0.545 e. The molecule has 2 aromatic rings. The predicted molar refractivity (Wildman–Crippen MR) is 76.0 cm³/mol. The Morgan fingerprint density at radius 1 is 1.25 bits per heavy atom. The van der Waals surface area contributed by atoms with Gasteiger partial charge in [-0.1, -0.05) is 38.0 Å². The Morgan fingerprint density at radius 3 is 2.40 bits per heavy atom. The number of carbonyl (C=O) groups excluding carboxylic acids is 1. The lowest BCUT2D eigenvalue weighted by Crippen LogP contribution is -2.24. The average Bonchev–Trinajstić information content (AvgIpc) is 2.78. The molecule has 0 aliphatic rings. The number of aryl methyl sites for hydroxylation is 2. The fourth-order valence-electron chi connectivity index (χ4n) is 2.38. The second kappa shape index (κ2) is 5.90. The number of aromatic carboxylic acids is 1. The third kappa shape index (κ3) is 2.59. The lowest BCUT2D eigenvalue weighted by molar-refractivity contribution is -0.255. The van der Waals surface area contributed by atoms with Crippen molar-refractivity contribution in [1.29, 1.82) is 0 Å². The first kappa shape index (κ1) is 14.3. The van der Waals surface area contributed by atoms with Gasteiger partial charge in [0.25, 0.3) is 0 Å². The fraction of sp³-hybridized carbons (Fsp3) is 0.375. The van der Waals surface area contributed by atoms with Crippen LogP contribution in [0.15, 0.2) is 24.3 Å². The highest BCUT2D eigenvalue weighted by Crippen LogP contribution is 2.21. The minimum atomic E-state index is -1.14. The van der Waals surface area contributed by atoms with Gasteiger partial charge in [0, 0.05) is 5.56 Å². The van der Waals surface area contributed by atoms with Crippen molar-refractivity contribution in [2.24, 2.45) is 0 Å². The van der Waals surface area contributed by atoms with Gasteiger partial charge in [-0.2, -0.15) is 5.10 Å². The van der Waals surface area contributed by atoms with E-state index in [1.807, 2.05) is 45.0 Å². The molecule has 0 amide bonds. The van der Waals surface area contributed by atoms with Gasteiger partial charge in [-0.05, 0) is 31.9 Å². The summed E-state index contributed by atoms with van der Waals surface area (Å²) in [5.74, 6) is -1.14. The van der Waals surface area contributed by atoms with Crippen molar-refractivity contribution in [2.45, 2.75) is 40.0 Å². The van der Waals surface area contributed by atoms with Crippen LogP contribution in [0.5, 0.6) is 0 Å². The zero-order valence-corrected chi connectivity index (χ0v) is 12.1. The Bertz CT molecular complexity index is 612. The Hall–Kier alpha value is -2.10. The van der Waals surface area contributed by atoms with Crippen LogP contribution in [0.3, 0.4) is 0 Å². The molecule has 4 nitrogen and oxygen atoms in total. The first-order valence-electron chi connectivity index (χ1n) is 6.97. The molecule has 0 N–H and O–H groups in total. The molecule has 2 rings (SSSR count). The van der Waals surface area contributed by atoms with E-state index in [0.717, 1.165) is 17.7 Å². The molecule has 0 bridgehead atoms. The molecular formula is C16H19N2O2-. The van der Waals surface area contributed by atoms with Crippen molar-refractivity contribution < 1.29 is 9.90 Å². The van der Waals surface area contributed by atoms with Gasteiger partial charge >= 0.3 is 0 Å². The highest BCUT2D eigenvalue weighted by Gasteiger charge is 2.17. The molecule has 0 aliphatic carbocycles. The number of nitrogens with zero attached hydrogens (tertiary/aromatic N) is 2. The van der Waals surface area contributed by atoms with Gasteiger partial charge in [-0.25, -0.2) is 4.68 Å². The second-order valence-electron chi connectivity index (χ2n) is 4.91. The zero-order chi connectivity index (χ0) is 14.7. The van der Waals surface area contributed by atoms with Crippen LogP contribution in [0.2, 0.25) is 0 Å². The van der Waals surface area contributed by atoms with E-state index in [0.29, 0.717) is 24.2 Å². The Morgan fingerprint density at radius 2 is 1.90 bits per heavy atom. The summed E-state index contributed by atoms with van der Waals surface area (Å²) in [4.78, 5) is 11.4. The first-order chi connectivity index (χ1) is 9.58. The van der Waals surface area contributed by atoms with Crippen molar-refractivity contribution in [3.8, 4) is 5.69 Å². The lowest BCUT2D eigenvalue weighted by atomic mass is 10.1. The fourth-order valence-corrected chi connectivity index (χ4v) is 2.38. The van der Waals surface area contributed by atoms with Crippen LogP contribution in [0, 0.1) is 6.92 Å². The molecule has 0 aliphatic heterocycles. The van der Waals surface area contributed by atoms with Gasteiger partial charge in [0.15, 0.2) is 0 Å². The quantitative estimate of drug-likeness (QED) is 0.836. The van der Waals surface area contributed by atoms with E-state index in [-0.39, 0.29) is 5.56 Å². The molecule has 0 unspecified atom stereocenters. The van der Waals surface area contributed by atoms with Gasteiger partial charge in [0.1, 0.15) is 0 Å². The van der Waals surface area contributed by atoms with E-state index >= 15 is 0 Å². The van der Waals surface area contributed by atoms with E-state index in [1.54, 1.807) is 4.68 Å². The maximum absolute atomic E-state index is 11.4. The normalized spacial score (nSPS) is 10.8. The Labute approximate surface area is 119 Å². The van der Waals surface area contributed by atoms with E-state index < -0.39 is 5.97 Å². The number of hydrogen-bond donors (Lipinski definition) is 0. The number of aromatic nitrogens is 2. The third-order valence-corrected chi connectivity index (χ3v) is 3.36. The number of carbonyl (C=O) groups is 1. The highest BCUT2D eigenvalue weighted by molar-refractivity contribution is 5.88. The molecule has 0 spiro atoms. The minimum absolute atomic E-state index is 0.259. The van der Waals surface area contributed by atoms with Gasteiger partial charge in [-0.15, -0.1) is 0 Å². The summed E-state index contributed by atoms with van der Waals surface area (Å²) in [6.45, 7) is 5.96. The summed E-state index contributed by atoms with van der Waals surface area (Å²) in [7, 11) is 0. The number of hydrogen-bond acceptors (Lipinski definition) is 3. The molecule has 106 valence electrons. The predicted octanol–water partition coefficient (Wildman–Crippen LogP) is 2.06. The molecule has 0 atom stereocenters. The standard InChI is InChI=1S/C16H20N2O2/c1-4-6-13-15(16(19)20)14(5-2)18(17-13)12-9-7-11(3)8-10-12/h7-10H,4-6H2,1-3H3,(H,19,20)/p-1. The van der Waals surface area contributed by atoms with Crippen LogP contribution in [-0.4, -0.2) is 15.7 Å². The van der Waals surface area contributed by atoms with Crippen LogP contribution in [-0.2, 0) is 12.8 Å². The first-order valence-corrected chi connectivity index (χ1v) is 6.97. The maximum atomic E-state index is 11.4. The molecule has 0 saturated heterocycles. The maximum Gasteiger partial charge on any atom is 0.0752 e. The summed E-state index contributed by atoms with van der Waals surface area (Å²) in [5.41, 5.74) is 3.63. The van der Waals surface area contributed by atoms with Gasteiger partial charge in [0.05, 0.1) is 23.0 Å². The van der Waals surface area contributed by atoms with Crippen molar-refractivity contribution >= 4 is 5.97 Å². The zero-order valence-electron chi connectivity index (χ0n) is 12.1. The van der Waals surface area contributed by atoms with E-state index in [2.05, 4.69) is 5.10 Å².